The summed E-state index contributed by atoms with van der Waals surface area (Å²) in [4.78, 5) is 12.9. The number of hydrogen-bond acceptors (Lipinski definition) is 6. The molecule has 1 saturated carbocycles. The molecule has 6 heteroatoms. The zero-order chi connectivity index (χ0) is 16.2. The van der Waals surface area contributed by atoms with Gasteiger partial charge in [0.25, 0.3) is 0 Å². The van der Waals surface area contributed by atoms with Gasteiger partial charge in [0.15, 0.2) is 11.6 Å². The molecule has 1 N–H and O–H groups in total. The largest absolute Gasteiger partial charge is 0.390 e. The molecule has 7 atom stereocenters. The zero-order valence-electron chi connectivity index (χ0n) is 13.6. The SMILES string of the molecule is CC1=CC2OC3[C@H](O)CC([C@@]34CO4)[C@]23COC(C)(C)O[C@@H]3C1=O. The molecule has 0 aromatic carbocycles. The highest BCUT2D eigenvalue weighted by Crippen LogP contribution is 2.65. The van der Waals surface area contributed by atoms with E-state index in [1.807, 2.05) is 19.9 Å². The lowest BCUT2D eigenvalue weighted by Crippen LogP contribution is -2.70. The molecule has 2 aliphatic carbocycles. The van der Waals surface area contributed by atoms with Crippen LogP contribution in [0.3, 0.4) is 0 Å². The third kappa shape index (κ3) is 1.59. The van der Waals surface area contributed by atoms with Gasteiger partial charge in [-0.25, -0.2) is 0 Å². The van der Waals surface area contributed by atoms with Crippen molar-refractivity contribution in [2.45, 2.75) is 63.0 Å². The molecule has 3 saturated heterocycles. The molecule has 6 nitrogen and oxygen atoms in total. The Labute approximate surface area is 134 Å². The Morgan fingerprint density at radius 2 is 2.00 bits per heavy atom. The van der Waals surface area contributed by atoms with Gasteiger partial charge in [0.1, 0.15) is 17.8 Å². The van der Waals surface area contributed by atoms with Crippen LogP contribution in [0, 0.1) is 11.3 Å². The van der Waals surface area contributed by atoms with Crippen LogP contribution in [0.4, 0.5) is 0 Å². The van der Waals surface area contributed by atoms with Gasteiger partial charge in [-0.05, 0) is 38.8 Å². The molecule has 0 aromatic heterocycles. The number of Topliss-reactive ketones (excluding diaryl/α,β-unsaturated/α-hetero) is 1. The van der Waals surface area contributed by atoms with E-state index in [-0.39, 0.29) is 23.9 Å². The standard InChI is InChI=1S/C17H22O6/c1-8-4-11-16(6-20-15(2,3)23-14(16)12(8)19)10-5-9(18)13(22-11)17(10)7-21-17/h4,9-11,13-14,18H,5-7H2,1-3H3/t9-,10?,11?,13?,14-,16-,17+/m1/s1. The molecule has 4 fully saturated rings. The van der Waals surface area contributed by atoms with Crippen LogP contribution in [-0.2, 0) is 23.7 Å². The Morgan fingerprint density at radius 3 is 2.70 bits per heavy atom. The van der Waals surface area contributed by atoms with Crippen molar-refractivity contribution in [2.24, 2.45) is 11.3 Å². The van der Waals surface area contributed by atoms with Gasteiger partial charge in [-0.3, -0.25) is 4.79 Å². The Kier molecular flexibility index (Phi) is 2.57. The highest BCUT2D eigenvalue weighted by Gasteiger charge is 2.78. The minimum Gasteiger partial charge on any atom is -0.390 e. The summed E-state index contributed by atoms with van der Waals surface area (Å²) in [6.45, 7) is 6.41. The van der Waals surface area contributed by atoms with Gasteiger partial charge in [0.2, 0.25) is 0 Å². The molecule has 5 aliphatic rings. The van der Waals surface area contributed by atoms with Crippen molar-refractivity contribution in [1.82, 2.24) is 0 Å². The normalized spacial score (nSPS) is 56.1. The fraction of sp³-hybridized carbons (Fsp3) is 0.824. The fourth-order valence-electron chi connectivity index (χ4n) is 5.23. The number of carbonyl (C=O) groups is 1. The van der Waals surface area contributed by atoms with Crippen molar-refractivity contribution in [1.29, 1.82) is 0 Å². The van der Waals surface area contributed by atoms with Gasteiger partial charge >= 0.3 is 0 Å². The molecule has 23 heavy (non-hydrogen) atoms. The van der Waals surface area contributed by atoms with E-state index in [0.29, 0.717) is 25.2 Å². The van der Waals surface area contributed by atoms with Crippen LogP contribution in [0.2, 0.25) is 0 Å². The van der Waals surface area contributed by atoms with Crippen LogP contribution < -0.4 is 0 Å². The first-order valence-electron chi connectivity index (χ1n) is 8.32. The van der Waals surface area contributed by atoms with Crippen LogP contribution in [0.1, 0.15) is 27.2 Å². The molecule has 3 unspecified atom stereocenters. The van der Waals surface area contributed by atoms with Crippen molar-refractivity contribution in [2.75, 3.05) is 13.2 Å². The van der Waals surface area contributed by atoms with Gasteiger partial charge in [-0.1, -0.05) is 0 Å². The Balaban J connectivity index is 1.67. The summed E-state index contributed by atoms with van der Waals surface area (Å²) in [5.41, 5.74) is -0.423. The monoisotopic (exact) mass is 322 g/mol. The molecule has 2 bridgehead atoms. The molecule has 0 aromatic rings. The van der Waals surface area contributed by atoms with Gasteiger partial charge in [0.05, 0.1) is 30.8 Å². The first-order valence-corrected chi connectivity index (χ1v) is 8.32. The van der Waals surface area contributed by atoms with Crippen molar-refractivity contribution in [3.05, 3.63) is 11.6 Å². The van der Waals surface area contributed by atoms with Gasteiger partial charge in [-0.15, -0.1) is 0 Å². The first-order chi connectivity index (χ1) is 10.8. The van der Waals surface area contributed by atoms with Crippen LogP contribution in [-0.4, -0.2) is 59.9 Å². The molecule has 2 spiro atoms. The van der Waals surface area contributed by atoms with Crippen molar-refractivity contribution < 1.29 is 28.8 Å². The van der Waals surface area contributed by atoms with Gasteiger partial charge in [-0.2, -0.15) is 0 Å². The number of hydrogen-bond donors (Lipinski definition) is 1. The van der Waals surface area contributed by atoms with E-state index in [0.717, 1.165) is 0 Å². The number of ketones is 1. The van der Waals surface area contributed by atoms with Crippen LogP contribution in [0.25, 0.3) is 0 Å². The van der Waals surface area contributed by atoms with E-state index in [9.17, 15) is 9.90 Å². The maximum absolute atomic E-state index is 12.9. The highest BCUT2D eigenvalue weighted by molar-refractivity contribution is 6.00. The minimum absolute atomic E-state index is 0.00290. The molecule has 0 radical (unpaired) electrons. The number of rotatable bonds is 0. The topological polar surface area (TPSA) is 77.5 Å². The summed E-state index contributed by atoms with van der Waals surface area (Å²) in [6, 6.07) is 0. The molecule has 3 heterocycles. The average Bonchev–Trinajstić information content (AvgIpc) is 3.23. The minimum atomic E-state index is -0.806. The molecule has 5 rings (SSSR count). The second-order valence-electron chi connectivity index (χ2n) is 8.09. The van der Waals surface area contributed by atoms with Gasteiger partial charge in [0, 0.05) is 5.92 Å². The number of ether oxygens (including phenoxy) is 4. The molecular weight excluding hydrogens is 300 g/mol. The Hall–Kier alpha value is -0.790. The zero-order valence-corrected chi connectivity index (χ0v) is 13.6. The van der Waals surface area contributed by atoms with E-state index < -0.39 is 29.0 Å². The summed E-state index contributed by atoms with van der Waals surface area (Å²) in [5, 5.41) is 10.5. The Bertz CT molecular complexity index is 621. The lowest BCUT2D eigenvalue weighted by atomic mass is 9.58. The summed E-state index contributed by atoms with van der Waals surface area (Å²) in [7, 11) is 0. The predicted molar refractivity (Wildman–Crippen MR) is 77.6 cm³/mol. The maximum atomic E-state index is 12.9. The quantitative estimate of drug-likeness (QED) is 0.657. The molecular formula is C17H22O6. The van der Waals surface area contributed by atoms with Crippen molar-refractivity contribution >= 4 is 5.78 Å². The summed E-state index contributed by atoms with van der Waals surface area (Å²) in [5.74, 6) is -0.806. The molecule has 126 valence electrons. The van der Waals surface area contributed by atoms with Crippen LogP contribution in [0.15, 0.2) is 11.6 Å². The fourth-order valence-corrected chi connectivity index (χ4v) is 5.23. The summed E-state index contributed by atoms with van der Waals surface area (Å²) in [6.07, 6.45) is 0.655. The number of epoxide rings is 1. The van der Waals surface area contributed by atoms with E-state index in [4.69, 9.17) is 18.9 Å². The first kappa shape index (κ1) is 14.5. The smallest absolute Gasteiger partial charge is 0.187 e. The lowest BCUT2D eigenvalue weighted by molar-refractivity contribution is -0.347. The van der Waals surface area contributed by atoms with E-state index in [1.54, 1.807) is 6.92 Å². The second kappa shape index (κ2) is 4.06. The Morgan fingerprint density at radius 1 is 1.26 bits per heavy atom. The van der Waals surface area contributed by atoms with Crippen LogP contribution >= 0.6 is 0 Å². The molecule has 0 amide bonds. The van der Waals surface area contributed by atoms with Crippen molar-refractivity contribution in [3.63, 3.8) is 0 Å². The third-order valence-electron chi connectivity index (χ3n) is 6.44. The third-order valence-corrected chi connectivity index (χ3v) is 6.44. The van der Waals surface area contributed by atoms with E-state index in [2.05, 4.69) is 0 Å². The van der Waals surface area contributed by atoms with E-state index in [1.165, 1.54) is 0 Å². The lowest BCUT2D eigenvalue weighted by Gasteiger charge is -2.58. The second-order valence-corrected chi connectivity index (χ2v) is 8.09. The summed E-state index contributed by atoms with van der Waals surface area (Å²) >= 11 is 0. The predicted octanol–water partition coefficient (Wildman–Crippen LogP) is 0.570. The van der Waals surface area contributed by atoms with Crippen LogP contribution in [0.5, 0.6) is 0 Å². The number of aliphatic hydroxyl groups is 1. The highest BCUT2D eigenvalue weighted by atomic mass is 16.7. The number of carbonyl (C=O) groups excluding carboxylic acids is 1. The molecule has 3 aliphatic heterocycles. The van der Waals surface area contributed by atoms with Gasteiger partial charge < -0.3 is 24.1 Å². The maximum Gasteiger partial charge on any atom is 0.187 e. The van der Waals surface area contributed by atoms with E-state index >= 15 is 0 Å². The van der Waals surface area contributed by atoms with Crippen molar-refractivity contribution in [3.8, 4) is 0 Å². The number of aliphatic hydroxyl groups excluding tert-OH is 1. The summed E-state index contributed by atoms with van der Waals surface area (Å²) < 4.78 is 24.1. The average molecular weight is 322 g/mol.